The van der Waals surface area contributed by atoms with Gasteiger partial charge in [-0.25, -0.2) is 0 Å². The largest absolute Gasteiger partial charge is 0.455 e. The van der Waals surface area contributed by atoms with Gasteiger partial charge in [-0.2, -0.15) is 0 Å². The van der Waals surface area contributed by atoms with E-state index in [0.29, 0.717) is 0 Å². The van der Waals surface area contributed by atoms with Gasteiger partial charge >= 0.3 is 6.85 Å². The molecule has 0 bridgehead atoms. The molecular formula is C56H46BN3O. The first-order chi connectivity index (χ1) is 29.6. The third kappa shape index (κ3) is 5.19. The van der Waals surface area contributed by atoms with Crippen LogP contribution >= 0.6 is 0 Å². The minimum Gasteiger partial charge on any atom is -0.455 e. The summed E-state index contributed by atoms with van der Waals surface area (Å²) in [7, 11) is 0. The van der Waals surface area contributed by atoms with Crippen molar-refractivity contribution in [2.24, 2.45) is 0 Å². The Balaban J connectivity index is 1.22. The van der Waals surface area contributed by atoms with Crippen molar-refractivity contribution < 1.29 is 4.42 Å². The van der Waals surface area contributed by atoms with Gasteiger partial charge in [0.2, 0.25) is 0 Å². The molecule has 0 saturated carbocycles. The summed E-state index contributed by atoms with van der Waals surface area (Å²) in [5, 5.41) is 4.80. The average molecular weight is 788 g/mol. The lowest BCUT2D eigenvalue weighted by molar-refractivity contribution is 0.590. The third-order valence-corrected chi connectivity index (χ3v) is 13.3. The number of hydrogen-bond donors (Lipinski definition) is 0. The predicted molar refractivity (Wildman–Crippen MR) is 259 cm³/mol. The van der Waals surface area contributed by atoms with Gasteiger partial charge in [-0.05, 0) is 106 Å². The summed E-state index contributed by atoms with van der Waals surface area (Å²) >= 11 is 0. The number of anilines is 5. The molecule has 12 rings (SSSR count). The first-order valence-corrected chi connectivity index (χ1v) is 21.6. The first kappa shape index (κ1) is 35.9. The molecule has 4 heterocycles. The topological polar surface area (TPSA) is 24.6 Å². The van der Waals surface area contributed by atoms with Gasteiger partial charge in [-0.1, -0.05) is 139 Å². The number of para-hydroxylation sites is 4. The fourth-order valence-electron chi connectivity index (χ4n) is 10.3. The van der Waals surface area contributed by atoms with Gasteiger partial charge in [0.05, 0.1) is 11.0 Å². The third-order valence-electron chi connectivity index (χ3n) is 13.3. The van der Waals surface area contributed by atoms with Crippen molar-refractivity contribution >= 4 is 90.0 Å². The summed E-state index contributed by atoms with van der Waals surface area (Å²) in [6, 6.07) is 62.9. The van der Waals surface area contributed by atoms with Crippen LogP contribution in [0.2, 0.25) is 0 Å². The van der Waals surface area contributed by atoms with Gasteiger partial charge in [0.1, 0.15) is 11.2 Å². The summed E-state index contributed by atoms with van der Waals surface area (Å²) < 4.78 is 9.73. The van der Waals surface area contributed by atoms with Crippen LogP contribution < -0.4 is 20.6 Å². The lowest BCUT2D eigenvalue weighted by Gasteiger charge is -2.42. The van der Waals surface area contributed by atoms with Crippen LogP contribution in [0, 0.1) is 0 Å². The molecule has 8 aromatic carbocycles. The summed E-state index contributed by atoms with van der Waals surface area (Å²) in [4.78, 5) is 5.00. The van der Waals surface area contributed by atoms with Crippen molar-refractivity contribution in [1.82, 2.24) is 4.57 Å². The van der Waals surface area contributed by atoms with E-state index < -0.39 is 0 Å². The molecule has 0 atom stereocenters. The van der Waals surface area contributed by atoms with Gasteiger partial charge in [0, 0.05) is 66.8 Å². The standard InChI is InChI=1S/C56H46BN3O/c1-55(2,3)35-24-28-37(29-25-35)58(38-30-26-36(27-31-38)56(4,5)6)40-32-33-46-43(34-40)51-52-53-49(50-42-19-11-15-23-48(42)61-54(50)51)41-18-10-13-21-45(41)59(53)47-22-14-12-20-44(47)57(52)60(46)39-16-8-7-9-17-39/h7-34H,1-6H3. The normalized spacial score (nSPS) is 13.3. The molecule has 4 nitrogen and oxygen atoms in total. The number of fused-ring (bicyclic) bond motifs is 13. The Morgan fingerprint density at radius 2 is 1.11 bits per heavy atom. The van der Waals surface area contributed by atoms with Crippen LogP contribution in [0.15, 0.2) is 174 Å². The minimum atomic E-state index is -0.102. The zero-order valence-electron chi connectivity index (χ0n) is 35.5. The second kappa shape index (κ2) is 12.8. The number of rotatable bonds is 4. The average Bonchev–Trinajstić information content (AvgIpc) is 3.83. The van der Waals surface area contributed by atoms with Crippen molar-refractivity contribution in [3.05, 3.63) is 181 Å². The minimum absolute atomic E-state index is 0.0417. The van der Waals surface area contributed by atoms with Crippen LogP contribution in [0.1, 0.15) is 52.7 Å². The van der Waals surface area contributed by atoms with Crippen molar-refractivity contribution in [2.75, 3.05) is 9.71 Å². The van der Waals surface area contributed by atoms with Crippen molar-refractivity contribution in [1.29, 1.82) is 0 Å². The maximum absolute atomic E-state index is 7.19. The summed E-state index contributed by atoms with van der Waals surface area (Å²) in [5.74, 6) is 0. The number of furan rings is 1. The number of hydrogen-bond acceptors (Lipinski definition) is 3. The highest BCUT2D eigenvalue weighted by atomic mass is 16.3. The van der Waals surface area contributed by atoms with Crippen LogP contribution in [0.5, 0.6) is 0 Å². The zero-order chi connectivity index (χ0) is 41.4. The van der Waals surface area contributed by atoms with Crippen LogP contribution in [0.25, 0.3) is 60.6 Å². The lowest BCUT2D eigenvalue weighted by atomic mass is 9.44. The lowest BCUT2D eigenvalue weighted by Crippen LogP contribution is -2.60. The molecule has 0 radical (unpaired) electrons. The highest BCUT2D eigenvalue weighted by molar-refractivity contribution is 6.94. The molecule has 0 unspecified atom stereocenters. The van der Waals surface area contributed by atoms with Crippen molar-refractivity contribution in [3.63, 3.8) is 0 Å². The molecule has 61 heavy (non-hydrogen) atoms. The predicted octanol–water partition coefficient (Wildman–Crippen LogP) is 14.0. The molecule has 0 saturated heterocycles. The molecule has 0 spiro atoms. The van der Waals surface area contributed by atoms with Crippen molar-refractivity contribution in [3.8, 4) is 16.8 Å². The van der Waals surface area contributed by atoms with Crippen molar-refractivity contribution in [2.45, 2.75) is 52.4 Å². The Hall–Kier alpha value is -6.98. The molecule has 0 aliphatic carbocycles. The maximum Gasteiger partial charge on any atom is 0.333 e. The molecule has 0 amide bonds. The summed E-state index contributed by atoms with van der Waals surface area (Å²) in [5.41, 5.74) is 18.7. The summed E-state index contributed by atoms with van der Waals surface area (Å²) in [6.45, 7) is 13.6. The van der Waals surface area contributed by atoms with Gasteiger partial charge in [-0.15, -0.1) is 0 Å². The fraction of sp³-hybridized carbons (Fsp3) is 0.143. The Morgan fingerprint density at radius 3 is 1.80 bits per heavy atom. The van der Waals surface area contributed by atoms with Crippen LogP contribution in [-0.4, -0.2) is 11.4 Å². The van der Waals surface area contributed by atoms with E-state index in [2.05, 4.69) is 226 Å². The molecule has 0 fully saturated rings. The van der Waals surface area contributed by atoms with Gasteiger partial charge < -0.3 is 18.7 Å². The summed E-state index contributed by atoms with van der Waals surface area (Å²) in [6.07, 6.45) is 0. The van der Waals surface area contributed by atoms with E-state index in [1.807, 2.05) is 0 Å². The molecule has 2 aliphatic heterocycles. The highest BCUT2D eigenvalue weighted by Gasteiger charge is 2.46. The number of benzene rings is 8. The molecular weight excluding hydrogens is 741 g/mol. The van der Waals surface area contributed by atoms with E-state index in [9.17, 15) is 0 Å². The number of aromatic nitrogens is 1. The van der Waals surface area contributed by atoms with E-state index in [1.165, 1.54) is 54.9 Å². The molecule has 294 valence electrons. The van der Waals surface area contributed by atoms with E-state index in [-0.39, 0.29) is 17.7 Å². The monoisotopic (exact) mass is 787 g/mol. The molecule has 10 aromatic rings. The smallest absolute Gasteiger partial charge is 0.333 e. The van der Waals surface area contributed by atoms with Crippen LogP contribution in [-0.2, 0) is 10.8 Å². The number of nitrogens with zero attached hydrogens (tertiary/aromatic N) is 3. The van der Waals surface area contributed by atoms with Gasteiger partial charge in [0.25, 0.3) is 0 Å². The highest BCUT2D eigenvalue weighted by Crippen LogP contribution is 2.52. The van der Waals surface area contributed by atoms with E-state index in [4.69, 9.17) is 4.42 Å². The van der Waals surface area contributed by atoms with E-state index >= 15 is 0 Å². The quantitative estimate of drug-likeness (QED) is 0.166. The second-order valence-corrected chi connectivity index (χ2v) is 19.0. The molecule has 5 heteroatoms. The fourth-order valence-corrected chi connectivity index (χ4v) is 10.3. The zero-order valence-corrected chi connectivity index (χ0v) is 35.5. The Kier molecular flexibility index (Phi) is 7.52. The van der Waals surface area contributed by atoms with Gasteiger partial charge in [-0.3, -0.25) is 0 Å². The second-order valence-electron chi connectivity index (χ2n) is 19.0. The maximum atomic E-state index is 7.19. The van der Waals surface area contributed by atoms with Gasteiger partial charge in [0.15, 0.2) is 0 Å². The van der Waals surface area contributed by atoms with E-state index in [0.717, 1.165) is 56.1 Å². The molecule has 0 N–H and O–H groups in total. The SMILES string of the molecule is CC(C)(C)c1ccc(N(c2ccc(C(C)(C)C)cc2)c2ccc3c(c2)-c2c4c5c(c6ccccc6n5-c5ccccc5B4N3c3ccccc3)c3c2oc2ccccc23)cc1. The van der Waals surface area contributed by atoms with E-state index in [1.54, 1.807) is 0 Å². The van der Waals surface area contributed by atoms with Crippen LogP contribution in [0.4, 0.5) is 28.4 Å². The Labute approximate surface area is 357 Å². The Bertz CT molecular complexity index is 3320. The first-order valence-electron chi connectivity index (χ1n) is 21.6. The Morgan fingerprint density at radius 1 is 0.525 bits per heavy atom. The molecule has 2 aliphatic rings. The molecule has 2 aromatic heterocycles. The van der Waals surface area contributed by atoms with Crippen LogP contribution in [0.3, 0.4) is 0 Å².